The number of imide groups is 1. The minimum atomic E-state index is -1.49. The minimum absolute atomic E-state index is 0.0109. The number of thioether (sulfide) groups is 1. The maximum Gasteiger partial charge on any atom is 0.327 e. The number of β-lactam (4-membered cyclic amide) rings is 1. The van der Waals surface area contributed by atoms with Crippen molar-refractivity contribution in [3.8, 4) is 5.75 Å². The summed E-state index contributed by atoms with van der Waals surface area (Å²) >= 11 is 1.11. The molecule has 3 aliphatic heterocycles. The van der Waals surface area contributed by atoms with Gasteiger partial charge in [0, 0.05) is 34.0 Å². The summed E-state index contributed by atoms with van der Waals surface area (Å²) in [7, 11) is 0. The van der Waals surface area contributed by atoms with Gasteiger partial charge >= 0.3 is 5.97 Å². The number of carboxylic acids is 1. The fourth-order valence-corrected chi connectivity index (χ4v) is 7.86. The molecule has 5 amide bonds. The van der Waals surface area contributed by atoms with Gasteiger partial charge in [0.1, 0.15) is 40.9 Å². The number of nitrogens with one attached hydrogen (secondary N) is 3. The number of rotatable bonds is 7. The third-order valence-corrected chi connectivity index (χ3v) is 10.1. The Morgan fingerprint density at radius 3 is 2.45 bits per heavy atom. The molecule has 4 heterocycles. The van der Waals surface area contributed by atoms with Gasteiger partial charge in [-0.2, -0.15) is 0 Å². The Morgan fingerprint density at radius 2 is 1.81 bits per heavy atom. The van der Waals surface area contributed by atoms with Gasteiger partial charge in [0.05, 0.1) is 0 Å². The highest BCUT2D eigenvalue weighted by Crippen LogP contribution is 2.52. The lowest BCUT2D eigenvalue weighted by Gasteiger charge is -2.47. The van der Waals surface area contributed by atoms with E-state index in [4.69, 9.17) is 5.73 Å². The zero-order valence-corrected chi connectivity index (χ0v) is 25.9. The maximum absolute atomic E-state index is 14.2. The van der Waals surface area contributed by atoms with Gasteiger partial charge < -0.3 is 36.5 Å². The molecule has 0 saturated carbocycles. The number of nitrogens with two attached hydrogens (primary N) is 1. The van der Waals surface area contributed by atoms with Crippen LogP contribution in [-0.2, 0) is 24.0 Å². The van der Waals surface area contributed by atoms with Gasteiger partial charge in [-0.15, -0.1) is 11.8 Å². The number of carbonyl (C=O) groups is 6. The predicted octanol–water partition coefficient (Wildman–Crippen LogP) is 0.635. The Labute approximate surface area is 270 Å². The lowest BCUT2D eigenvalue weighted by molar-refractivity contribution is -0.166. The van der Waals surface area contributed by atoms with Crippen LogP contribution in [-0.4, -0.2) is 88.7 Å². The number of carboxylic acid groups (broad SMARTS) is 1. The number of nitrogens with zero attached hydrogens (tertiary/aromatic N) is 2. The van der Waals surface area contributed by atoms with E-state index < -0.39 is 74.9 Å². The number of benzene rings is 2. The minimum Gasteiger partial charge on any atom is -0.508 e. The monoisotopic (exact) mass is 662 g/mol. The smallest absolute Gasteiger partial charge is 0.327 e. The number of aromatic amines is 1. The van der Waals surface area contributed by atoms with Gasteiger partial charge in [0.15, 0.2) is 0 Å². The number of H-pyrrole nitrogens is 1. The lowest BCUT2D eigenvalue weighted by Crippen LogP contribution is -2.72. The summed E-state index contributed by atoms with van der Waals surface area (Å²) in [6, 6.07) is 4.80. The number of hydrogen-bond acceptors (Lipinski definition) is 10. The molecule has 0 spiro atoms. The summed E-state index contributed by atoms with van der Waals surface area (Å²) in [4.78, 5) is 96.5. The molecule has 6 rings (SSSR count). The second kappa shape index (κ2) is 11.5. The third-order valence-electron chi connectivity index (χ3n) is 8.59. The highest BCUT2D eigenvalue weighted by molar-refractivity contribution is 8.01. The molecule has 15 nitrogen and oxygen atoms in total. The van der Waals surface area contributed by atoms with E-state index in [1.807, 2.05) is 0 Å². The molecular formula is C31H30N6O9S. The summed E-state index contributed by atoms with van der Waals surface area (Å²) in [5, 5.41) is 23.8. The van der Waals surface area contributed by atoms with Crippen LogP contribution in [0.15, 0.2) is 53.5 Å². The number of aromatic nitrogens is 1. The van der Waals surface area contributed by atoms with E-state index in [0.717, 1.165) is 22.9 Å². The number of pyridine rings is 1. The van der Waals surface area contributed by atoms with Crippen LogP contribution in [0.4, 0.5) is 5.69 Å². The fourth-order valence-electron chi connectivity index (χ4n) is 6.19. The third kappa shape index (κ3) is 5.38. The first kappa shape index (κ1) is 31.7. The number of phenols is 1. The first-order valence-corrected chi connectivity index (χ1v) is 15.5. The predicted molar refractivity (Wildman–Crippen MR) is 168 cm³/mol. The van der Waals surface area contributed by atoms with Crippen molar-refractivity contribution < 1.29 is 39.0 Å². The standard InChI is InChI=1S/C31H30N6O9S/c1-31(2)24(30(45)46)37-28(44)22(29(37)47-31)36(27(43)21(32)13-3-6-15(38)7-4-13)26(42)17-12-33-18-8-5-14(11-16(18)23(17)40)34-25(41)19-9-10-20(39)35-19/h3-8,11-12,19,21-22,24,29,38H,9-10,32H2,1-2H3,(H,33,40)(H,34,41)(H,35,39)(H,45,46)/t19?,21?,22-,24+,29-/m1/s1. The lowest BCUT2D eigenvalue weighted by atomic mass is 9.94. The molecule has 0 aliphatic carbocycles. The van der Waals surface area contributed by atoms with Gasteiger partial charge in [-0.1, -0.05) is 12.1 Å². The van der Waals surface area contributed by atoms with Crippen molar-refractivity contribution in [2.45, 2.75) is 61.0 Å². The quantitative estimate of drug-likeness (QED) is 0.192. The molecule has 3 aromatic rings. The average molecular weight is 663 g/mol. The summed E-state index contributed by atoms with van der Waals surface area (Å²) in [5.41, 5.74) is 5.71. The van der Waals surface area contributed by atoms with Crippen molar-refractivity contribution in [3.63, 3.8) is 0 Å². The molecule has 244 valence electrons. The van der Waals surface area contributed by atoms with Crippen LogP contribution in [0.3, 0.4) is 0 Å². The van der Waals surface area contributed by atoms with Crippen molar-refractivity contribution >= 4 is 63.9 Å². The van der Waals surface area contributed by atoms with Gasteiger partial charge in [-0.25, -0.2) is 4.79 Å². The van der Waals surface area contributed by atoms with E-state index in [1.165, 1.54) is 42.5 Å². The summed E-state index contributed by atoms with van der Waals surface area (Å²) in [6.07, 6.45) is 1.63. The number of fused-ring (bicyclic) bond motifs is 2. The molecule has 7 N–H and O–H groups in total. The van der Waals surface area contributed by atoms with Crippen LogP contribution in [0.25, 0.3) is 10.9 Å². The van der Waals surface area contributed by atoms with E-state index in [-0.39, 0.29) is 34.7 Å². The molecule has 1 aromatic heterocycles. The molecule has 3 aliphatic rings. The van der Waals surface area contributed by atoms with Crippen LogP contribution < -0.4 is 21.8 Å². The molecule has 0 bridgehead atoms. The van der Waals surface area contributed by atoms with E-state index in [9.17, 15) is 43.8 Å². The first-order chi connectivity index (χ1) is 22.2. The van der Waals surface area contributed by atoms with Crippen LogP contribution in [0.5, 0.6) is 5.75 Å². The maximum atomic E-state index is 14.2. The molecule has 2 aromatic carbocycles. The van der Waals surface area contributed by atoms with Crippen LogP contribution >= 0.6 is 11.8 Å². The first-order valence-electron chi connectivity index (χ1n) is 14.6. The number of anilines is 1. The normalized spacial score (nSPS) is 23.4. The molecule has 3 fully saturated rings. The Balaban J connectivity index is 1.37. The Morgan fingerprint density at radius 1 is 1.11 bits per heavy atom. The molecule has 5 atom stereocenters. The summed E-state index contributed by atoms with van der Waals surface area (Å²) < 4.78 is -0.972. The molecule has 3 saturated heterocycles. The van der Waals surface area contributed by atoms with Crippen molar-refractivity contribution in [1.29, 1.82) is 0 Å². The van der Waals surface area contributed by atoms with Gasteiger partial charge in [0.2, 0.25) is 17.2 Å². The SMILES string of the molecule is CC1(C)S[C@@H]2[C@H](N(C(=O)c3c[nH]c4ccc(NC(=O)C5CCC(=O)N5)cc4c3=O)C(=O)C(N)c3ccc(O)cc3)C(=O)N2[C@H]1C(=O)O. The van der Waals surface area contributed by atoms with E-state index in [2.05, 4.69) is 15.6 Å². The molecule has 0 radical (unpaired) electrons. The van der Waals surface area contributed by atoms with Crippen LogP contribution in [0.2, 0.25) is 0 Å². The van der Waals surface area contributed by atoms with Crippen LogP contribution in [0, 0.1) is 0 Å². The zero-order chi connectivity index (χ0) is 33.9. The van der Waals surface area contributed by atoms with Gasteiger partial charge in [-0.3, -0.25) is 33.7 Å². The number of aromatic hydroxyl groups is 1. The molecule has 2 unspecified atom stereocenters. The summed E-state index contributed by atoms with van der Waals surface area (Å²) in [6.45, 7) is 3.28. The molecule has 16 heteroatoms. The zero-order valence-electron chi connectivity index (χ0n) is 25.1. The average Bonchev–Trinajstić information content (AvgIpc) is 3.57. The Bertz CT molecular complexity index is 1930. The van der Waals surface area contributed by atoms with Gasteiger partial charge in [0.25, 0.3) is 17.7 Å². The number of phenolic OH excluding ortho intramolecular Hbond substituents is 1. The van der Waals surface area contributed by atoms with E-state index >= 15 is 0 Å². The van der Waals surface area contributed by atoms with E-state index in [1.54, 1.807) is 13.8 Å². The highest BCUT2D eigenvalue weighted by Gasteiger charge is 2.66. The van der Waals surface area contributed by atoms with Crippen molar-refractivity contribution in [2.24, 2.45) is 5.73 Å². The molecule has 47 heavy (non-hydrogen) atoms. The Hall–Kier alpha value is -5.22. The fraction of sp³-hybridized carbons (Fsp3) is 0.323. The second-order valence-electron chi connectivity index (χ2n) is 12.1. The number of amides is 5. The Kier molecular flexibility index (Phi) is 7.80. The largest absolute Gasteiger partial charge is 0.508 e. The topological polar surface area (TPSA) is 232 Å². The number of aliphatic carboxylic acids is 1. The van der Waals surface area contributed by atoms with E-state index in [0.29, 0.717) is 16.8 Å². The number of hydrogen-bond donors (Lipinski definition) is 6. The van der Waals surface area contributed by atoms with Crippen LogP contribution in [0.1, 0.15) is 48.7 Å². The number of carbonyl (C=O) groups excluding carboxylic acids is 5. The highest BCUT2D eigenvalue weighted by atomic mass is 32.2. The molecular weight excluding hydrogens is 632 g/mol. The second-order valence-corrected chi connectivity index (χ2v) is 13.8. The summed E-state index contributed by atoms with van der Waals surface area (Å²) in [5.74, 6) is -5.02. The van der Waals surface area contributed by atoms with Crippen molar-refractivity contribution in [2.75, 3.05) is 5.32 Å². The van der Waals surface area contributed by atoms with Crippen molar-refractivity contribution in [3.05, 3.63) is 70.0 Å². The van der Waals surface area contributed by atoms with Crippen molar-refractivity contribution in [1.82, 2.24) is 20.1 Å². The van der Waals surface area contributed by atoms with Gasteiger partial charge in [-0.05, 0) is 56.2 Å².